The Hall–Kier alpha value is -3.41. The highest BCUT2D eigenvalue weighted by atomic mass is 19.1. The van der Waals surface area contributed by atoms with Crippen molar-refractivity contribution in [3.8, 4) is 22.6 Å². The zero-order valence-electron chi connectivity index (χ0n) is 20.3. The van der Waals surface area contributed by atoms with Crippen molar-refractivity contribution in [2.75, 3.05) is 51.0 Å². The molecule has 2 aliphatic heterocycles. The summed E-state index contributed by atoms with van der Waals surface area (Å²) in [6.45, 7) is 7.36. The first kappa shape index (κ1) is 24.3. The molecule has 0 bridgehead atoms. The standard InChI is InChI=1S/C25H29FN6O4/c1-16(33)28-13-25(2)14-35-23(36-15-25)22-30-20(17-3-5-18(26)6-4-17)21(31-22)19-7-8-27-24(29-19)32-9-11-34-12-10-32/h3-8,23H,9-15H2,1-2H3,(H,28,33)(H,30,31). The van der Waals surface area contributed by atoms with Gasteiger partial charge >= 0.3 is 0 Å². The molecule has 1 amide bonds. The van der Waals surface area contributed by atoms with Gasteiger partial charge in [0.1, 0.15) is 5.82 Å². The Morgan fingerprint density at radius 1 is 1.17 bits per heavy atom. The number of amides is 1. The molecule has 0 atom stereocenters. The van der Waals surface area contributed by atoms with Crippen LogP contribution in [0.25, 0.3) is 22.6 Å². The maximum Gasteiger partial charge on any atom is 0.226 e. The fourth-order valence-corrected chi connectivity index (χ4v) is 4.15. The summed E-state index contributed by atoms with van der Waals surface area (Å²) in [6.07, 6.45) is 0.993. The van der Waals surface area contributed by atoms with Gasteiger partial charge in [-0.2, -0.15) is 0 Å². The summed E-state index contributed by atoms with van der Waals surface area (Å²) in [5.41, 5.74) is 2.29. The van der Waals surface area contributed by atoms with Gasteiger partial charge < -0.3 is 29.4 Å². The molecule has 2 fully saturated rings. The number of aromatic nitrogens is 4. The van der Waals surface area contributed by atoms with Crippen molar-refractivity contribution in [2.45, 2.75) is 20.1 Å². The Labute approximate surface area is 208 Å². The quantitative estimate of drug-likeness (QED) is 0.536. The maximum absolute atomic E-state index is 13.6. The van der Waals surface area contributed by atoms with Gasteiger partial charge in [-0.15, -0.1) is 0 Å². The molecular formula is C25H29FN6O4. The van der Waals surface area contributed by atoms with Gasteiger partial charge in [0.15, 0.2) is 5.82 Å². The van der Waals surface area contributed by atoms with Crippen LogP contribution in [0.2, 0.25) is 0 Å². The van der Waals surface area contributed by atoms with E-state index in [0.29, 0.717) is 74.9 Å². The van der Waals surface area contributed by atoms with Crippen LogP contribution in [-0.4, -0.2) is 71.9 Å². The summed E-state index contributed by atoms with van der Waals surface area (Å²) in [5.74, 6) is 0.665. The van der Waals surface area contributed by atoms with Gasteiger partial charge in [0.25, 0.3) is 0 Å². The second kappa shape index (κ2) is 10.3. The summed E-state index contributed by atoms with van der Waals surface area (Å²) in [5, 5.41) is 2.82. The number of carbonyl (C=O) groups is 1. The van der Waals surface area contributed by atoms with Crippen LogP contribution in [0.15, 0.2) is 36.5 Å². The molecule has 0 radical (unpaired) electrons. The lowest BCUT2D eigenvalue weighted by molar-refractivity contribution is -0.232. The van der Waals surface area contributed by atoms with Crippen LogP contribution >= 0.6 is 0 Å². The Morgan fingerprint density at radius 2 is 1.89 bits per heavy atom. The third-order valence-electron chi connectivity index (χ3n) is 6.19. The number of aromatic amines is 1. The van der Waals surface area contributed by atoms with Crippen LogP contribution in [0.5, 0.6) is 0 Å². The number of benzene rings is 1. The lowest BCUT2D eigenvalue weighted by Crippen LogP contribution is -2.45. The molecule has 2 aromatic heterocycles. The van der Waals surface area contributed by atoms with E-state index < -0.39 is 6.29 Å². The SMILES string of the molecule is CC(=O)NCC1(C)COC(c2nc(-c3ccc(F)cc3)c(-c3ccnc(N4CCOCC4)n3)[nH]2)OC1. The van der Waals surface area contributed by atoms with Crippen LogP contribution in [-0.2, 0) is 19.0 Å². The first-order valence-electron chi connectivity index (χ1n) is 11.9. The summed E-state index contributed by atoms with van der Waals surface area (Å²) >= 11 is 0. The highest BCUT2D eigenvalue weighted by Gasteiger charge is 2.35. The molecule has 3 aromatic rings. The minimum atomic E-state index is -0.719. The van der Waals surface area contributed by atoms with Crippen LogP contribution < -0.4 is 10.2 Å². The topological polar surface area (TPSA) is 114 Å². The molecule has 0 unspecified atom stereocenters. The number of carbonyl (C=O) groups excluding carboxylic acids is 1. The second-order valence-electron chi connectivity index (χ2n) is 9.37. The number of rotatable bonds is 6. The van der Waals surface area contributed by atoms with Crippen LogP contribution in [0.3, 0.4) is 0 Å². The molecule has 36 heavy (non-hydrogen) atoms. The average molecular weight is 497 g/mol. The van der Waals surface area contributed by atoms with Crippen molar-refractivity contribution < 1.29 is 23.4 Å². The van der Waals surface area contributed by atoms with Crippen LogP contribution in [0.1, 0.15) is 26.0 Å². The van der Waals surface area contributed by atoms with E-state index in [0.717, 1.165) is 5.56 Å². The van der Waals surface area contributed by atoms with Crippen molar-refractivity contribution in [1.82, 2.24) is 25.3 Å². The van der Waals surface area contributed by atoms with Gasteiger partial charge in [0, 0.05) is 43.7 Å². The normalized spacial score (nSPS) is 22.4. The maximum atomic E-state index is 13.6. The first-order chi connectivity index (χ1) is 17.4. The van der Waals surface area contributed by atoms with E-state index in [9.17, 15) is 9.18 Å². The second-order valence-corrected chi connectivity index (χ2v) is 9.37. The zero-order chi connectivity index (χ0) is 25.1. The van der Waals surface area contributed by atoms with Crippen molar-refractivity contribution >= 4 is 11.9 Å². The van der Waals surface area contributed by atoms with E-state index in [1.54, 1.807) is 24.4 Å². The van der Waals surface area contributed by atoms with Crippen LogP contribution in [0, 0.1) is 11.2 Å². The summed E-state index contributed by atoms with van der Waals surface area (Å²) in [6, 6.07) is 7.95. The molecular weight excluding hydrogens is 467 g/mol. The van der Waals surface area contributed by atoms with E-state index in [2.05, 4.69) is 20.2 Å². The fourth-order valence-electron chi connectivity index (χ4n) is 4.15. The average Bonchev–Trinajstić information content (AvgIpc) is 3.35. The minimum absolute atomic E-state index is 0.0979. The number of hydrogen-bond donors (Lipinski definition) is 2. The van der Waals surface area contributed by atoms with Crippen molar-refractivity contribution in [3.63, 3.8) is 0 Å². The number of morpholine rings is 1. The number of halogens is 1. The number of nitrogens with zero attached hydrogens (tertiary/aromatic N) is 4. The molecule has 0 spiro atoms. The predicted molar refractivity (Wildman–Crippen MR) is 129 cm³/mol. The molecule has 0 aliphatic carbocycles. The highest BCUT2D eigenvalue weighted by Crippen LogP contribution is 2.35. The summed E-state index contributed by atoms with van der Waals surface area (Å²) in [7, 11) is 0. The van der Waals surface area contributed by atoms with Crippen LogP contribution in [0.4, 0.5) is 10.3 Å². The number of ether oxygens (including phenoxy) is 3. The van der Waals surface area contributed by atoms with E-state index >= 15 is 0 Å². The summed E-state index contributed by atoms with van der Waals surface area (Å²) < 4.78 is 31.1. The molecule has 2 saturated heterocycles. The monoisotopic (exact) mass is 496 g/mol. The Balaban J connectivity index is 1.44. The third-order valence-corrected chi connectivity index (χ3v) is 6.19. The van der Waals surface area contributed by atoms with Crippen molar-refractivity contribution in [3.05, 3.63) is 48.2 Å². The third kappa shape index (κ3) is 5.38. The smallest absolute Gasteiger partial charge is 0.226 e. The van der Waals surface area contributed by atoms with Crippen molar-refractivity contribution in [1.29, 1.82) is 0 Å². The molecule has 2 N–H and O–H groups in total. The number of hydrogen-bond acceptors (Lipinski definition) is 8. The molecule has 11 heteroatoms. The fraction of sp³-hybridized carbons (Fsp3) is 0.440. The number of anilines is 1. The van der Waals surface area contributed by atoms with Gasteiger partial charge in [0.05, 0.1) is 43.5 Å². The van der Waals surface area contributed by atoms with Crippen molar-refractivity contribution in [2.24, 2.45) is 5.41 Å². The zero-order valence-corrected chi connectivity index (χ0v) is 20.3. The molecule has 0 saturated carbocycles. The predicted octanol–water partition coefficient (Wildman–Crippen LogP) is 2.70. The largest absolute Gasteiger partial charge is 0.378 e. The Morgan fingerprint density at radius 3 is 2.58 bits per heavy atom. The molecule has 4 heterocycles. The molecule has 1 aromatic carbocycles. The lowest BCUT2D eigenvalue weighted by atomic mass is 9.92. The van der Waals surface area contributed by atoms with Gasteiger partial charge in [-0.05, 0) is 30.3 Å². The van der Waals surface area contributed by atoms with E-state index in [4.69, 9.17) is 24.2 Å². The lowest BCUT2D eigenvalue weighted by Gasteiger charge is -2.36. The molecule has 10 nitrogen and oxygen atoms in total. The molecule has 190 valence electrons. The number of nitrogens with one attached hydrogen (secondary N) is 2. The first-order valence-corrected chi connectivity index (χ1v) is 11.9. The summed E-state index contributed by atoms with van der Waals surface area (Å²) in [4.78, 5) is 30.7. The van der Waals surface area contributed by atoms with Gasteiger partial charge in [-0.3, -0.25) is 4.79 Å². The van der Waals surface area contributed by atoms with E-state index in [-0.39, 0.29) is 17.1 Å². The molecule has 5 rings (SSSR count). The number of imidazole rings is 1. The highest BCUT2D eigenvalue weighted by molar-refractivity contribution is 5.77. The van der Waals surface area contributed by atoms with Gasteiger partial charge in [0.2, 0.25) is 18.1 Å². The van der Waals surface area contributed by atoms with E-state index in [1.807, 2.05) is 6.92 Å². The Bertz CT molecular complexity index is 1200. The van der Waals surface area contributed by atoms with E-state index in [1.165, 1.54) is 19.1 Å². The minimum Gasteiger partial charge on any atom is -0.378 e. The molecule has 2 aliphatic rings. The van der Waals surface area contributed by atoms with Gasteiger partial charge in [-0.25, -0.2) is 19.3 Å². The van der Waals surface area contributed by atoms with Gasteiger partial charge in [-0.1, -0.05) is 6.92 Å². The Kier molecular flexibility index (Phi) is 6.95. The number of H-pyrrole nitrogens is 1.